The van der Waals surface area contributed by atoms with E-state index >= 15 is 0 Å². The Morgan fingerprint density at radius 1 is 1.57 bits per heavy atom. The summed E-state index contributed by atoms with van der Waals surface area (Å²) in [7, 11) is -3.11. The zero-order valence-electron chi connectivity index (χ0n) is 7.26. The first-order chi connectivity index (χ1) is 6.26. The molecule has 1 atom stereocenters. The lowest BCUT2D eigenvalue weighted by Gasteiger charge is -2.10. The molecule has 0 aromatic rings. The van der Waals surface area contributed by atoms with E-state index in [9.17, 15) is 18.0 Å². The number of carboxylic acids is 1. The monoisotopic (exact) mass is 226 g/mol. The zero-order chi connectivity index (χ0) is 11.4. The molecule has 0 aliphatic heterocycles. The number of aliphatic carboxylic acids is 1. The highest BCUT2D eigenvalue weighted by molar-refractivity contribution is 7.87. The van der Waals surface area contributed by atoms with Crippen molar-refractivity contribution in [3.8, 4) is 0 Å². The Balaban J connectivity index is 4.47. The minimum atomic E-state index is -4.16. The lowest BCUT2D eigenvalue weighted by molar-refractivity contribution is -0.147. The van der Waals surface area contributed by atoms with E-state index in [-0.39, 0.29) is 0 Å². The number of rotatable bonds is 5. The van der Waals surface area contributed by atoms with Crippen LogP contribution in [0.25, 0.3) is 0 Å². The highest BCUT2D eigenvalue weighted by Crippen LogP contribution is 1.95. The van der Waals surface area contributed by atoms with Gasteiger partial charge >= 0.3 is 11.9 Å². The van der Waals surface area contributed by atoms with E-state index < -0.39 is 34.6 Å². The van der Waals surface area contributed by atoms with Crippen LogP contribution < -0.4 is 9.86 Å². The first-order valence-electron chi connectivity index (χ1n) is 3.36. The van der Waals surface area contributed by atoms with Crippen molar-refractivity contribution in [1.29, 1.82) is 0 Å². The number of esters is 1. The van der Waals surface area contributed by atoms with Crippen LogP contribution in [-0.4, -0.2) is 38.6 Å². The third-order valence-electron chi connectivity index (χ3n) is 1.20. The van der Waals surface area contributed by atoms with E-state index in [0.717, 1.165) is 7.11 Å². The molecule has 0 aromatic carbocycles. The van der Waals surface area contributed by atoms with E-state index in [1.165, 1.54) is 0 Å². The van der Waals surface area contributed by atoms with Crippen LogP contribution in [0.2, 0.25) is 0 Å². The molecule has 4 N–H and O–H groups in total. The maximum absolute atomic E-state index is 10.7. The van der Waals surface area contributed by atoms with Gasteiger partial charge in [0.2, 0.25) is 0 Å². The number of hydrogen-bond acceptors (Lipinski definition) is 5. The normalized spacial score (nSPS) is 13.3. The fourth-order valence-electron chi connectivity index (χ4n) is 0.628. The Kier molecular flexibility index (Phi) is 4.47. The van der Waals surface area contributed by atoms with Crippen molar-refractivity contribution in [2.45, 2.75) is 12.5 Å². The van der Waals surface area contributed by atoms with Crippen molar-refractivity contribution in [1.82, 2.24) is 4.72 Å². The number of nitrogens with one attached hydrogen (secondary N) is 1. The average molecular weight is 226 g/mol. The second kappa shape index (κ2) is 4.88. The van der Waals surface area contributed by atoms with Gasteiger partial charge < -0.3 is 9.84 Å². The second-order valence-electron chi connectivity index (χ2n) is 2.33. The highest BCUT2D eigenvalue weighted by atomic mass is 32.2. The molecule has 0 fully saturated rings. The lowest BCUT2D eigenvalue weighted by atomic mass is 10.2. The van der Waals surface area contributed by atoms with E-state index in [1.54, 1.807) is 4.72 Å². The Bertz CT molecular complexity index is 323. The first-order valence-corrected chi connectivity index (χ1v) is 4.90. The summed E-state index contributed by atoms with van der Waals surface area (Å²) in [5, 5.41) is 13.0. The van der Waals surface area contributed by atoms with E-state index in [2.05, 4.69) is 9.88 Å². The molecule has 9 heteroatoms. The second-order valence-corrected chi connectivity index (χ2v) is 3.66. The SMILES string of the molecule is COC(=O)C[C@H](NS(N)(=O)=O)C(=O)O. The number of nitrogens with two attached hydrogens (primary N) is 1. The molecular weight excluding hydrogens is 216 g/mol. The zero-order valence-corrected chi connectivity index (χ0v) is 8.08. The number of carbonyl (C=O) groups excluding carboxylic acids is 1. The summed E-state index contributed by atoms with van der Waals surface area (Å²) in [4.78, 5) is 21.1. The summed E-state index contributed by atoms with van der Waals surface area (Å²) < 4.78 is 26.7. The Labute approximate surface area is 80.2 Å². The van der Waals surface area contributed by atoms with Gasteiger partial charge in [0, 0.05) is 0 Å². The summed E-state index contributed by atoms with van der Waals surface area (Å²) in [6.07, 6.45) is -0.623. The van der Waals surface area contributed by atoms with Gasteiger partial charge in [-0.2, -0.15) is 13.1 Å². The van der Waals surface area contributed by atoms with Crippen LogP contribution in [0.3, 0.4) is 0 Å². The molecule has 0 saturated heterocycles. The van der Waals surface area contributed by atoms with Gasteiger partial charge in [0.05, 0.1) is 13.5 Å². The summed E-state index contributed by atoms with van der Waals surface area (Å²) in [6, 6.07) is -1.61. The third kappa shape index (κ3) is 5.45. The van der Waals surface area contributed by atoms with Crippen LogP contribution >= 0.6 is 0 Å². The average Bonchev–Trinajstić information content (AvgIpc) is 2.00. The maximum atomic E-state index is 10.7. The smallest absolute Gasteiger partial charge is 0.322 e. The van der Waals surface area contributed by atoms with Crippen LogP contribution in [0, 0.1) is 0 Å². The largest absolute Gasteiger partial charge is 0.480 e. The number of ether oxygens (including phenoxy) is 1. The molecule has 14 heavy (non-hydrogen) atoms. The fourth-order valence-corrected chi connectivity index (χ4v) is 1.21. The molecule has 0 amide bonds. The fraction of sp³-hybridized carbons (Fsp3) is 0.600. The molecule has 0 unspecified atom stereocenters. The van der Waals surface area contributed by atoms with Gasteiger partial charge in [-0.05, 0) is 0 Å². The molecule has 0 rings (SSSR count). The minimum Gasteiger partial charge on any atom is -0.480 e. The van der Waals surface area contributed by atoms with Crippen molar-refractivity contribution >= 4 is 22.1 Å². The van der Waals surface area contributed by atoms with Crippen LogP contribution in [0.1, 0.15) is 6.42 Å². The number of carbonyl (C=O) groups is 2. The molecule has 0 saturated carbocycles. The highest BCUT2D eigenvalue weighted by Gasteiger charge is 2.24. The van der Waals surface area contributed by atoms with Gasteiger partial charge in [-0.3, -0.25) is 9.59 Å². The Morgan fingerprint density at radius 3 is 2.36 bits per heavy atom. The summed E-state index contributed by atoms with van der Waals surface area (Å²) in [6.45, 7) is 0. The predicted octanol–water partition coefficient (Wildman–Crippen LogP) is -2.20. The van der Waals surface area contributed by atoms with Crippen LogP contribution in [-0.2, 0) is 24.5 Å². The van der Waals surface area contributed by atoms with E-state index in [4.69, 9.17) is 5.11 Å². The van der Waals surface area contributed by atoms with Crippen molar-refractivity contribution in [2.75, 3.05) is 7.11 Å². The van der Waals surface area contributed by atoms with Gasteiger partial charge in [0.1, 0.15) is 6.04 Å². The lowest BCUT2D eigenvalue weighted by Crippen LogP contribution is -2.45. The molecule has 82 valence electrons. The molecule has 0 bridgehead atoms. The minimum absolute atomic E-state index is 0.623. The molecule has 0 heterocycles. The molecule has 8 nitrogen and oxygen atoms in total. The molecule has 0 aromatic heterocycles. The Morgan fingerprint density at radius 2 is 2.07 bits per heavy atom. The molecule has 0 spiro atoms. The Hall–Kier alpha value is -1.19. The number of hydrogen-bond donors (Lipinski definition) is 3. The van der Waals surface area contributed by atoms with Gasteiger partial charge in [0.25, 0.3) is 10.2 Å². The standard InChI is InChI=1S/C5H10N2O6S/c1-13-4(8)2-3(5(9)10)7-14(6,11)12/h3,7H,2H2,1H3,(H,9,10)(H2,6,11,12)/t3-/m0/s1. The number of methoxy groups -OCH3 is 1. The summed E-state index contributed by atoms with van der Waals surface area (Å²) in [5.74, 6) is -2.36. The van der Waals surface area contributed by atoms with Crippen LogP contribution in [0.5, 0.6) is 0 Å². The third-order valence-corrected chi connectivity index (χ3v) is 1.82. The van der Waals surface area contributed by atoms with Crippen LogP contribution in [0.15, 0.2) is 0 Å². The summed E-state index contributed by atoms with van der Waals surface area (Å²) >= 11 is 0. The van der Waals surface area contributed by atoms with Crippen molar-refractivity contribution < 1.29 is 27.9 Å². The molecule has 0 aliphatic carbocycles. The van der Waals surface area contributed by atoms with Gasteiger partial charge in [0.15, 0.2) is 0 Å². The van der Waals surface area contributed by atoms with Crippen LogP contribution in [0.4, 0.5) is 0 Å². The predicted molar refractivity (Wildman–Crippen MR) is 44.3 cm³/mol. The molecule has 0 radical (unpaired) electrons. The van der Waals surface area contributed by atoms with Crippen molar-refractivity contribution in [3.05, 3.63) is 0 Å². The van der Waals surface area contributed by atoms with Gasteiger partial charge in [-0.15, -0.1) is 0 Å². The topological polar surface area (TPSA) is 136 Å². The molecule has 0 aliphatic rings. The maximum Gasteiger partial charge on any atom is 0.322 e. The van der Waals surface area contributed by atoms with Gasteiger partial charge in [-0.25, -0.2) is 5.14 Å². The van der Waals surface area contributed by atoms with E-state index in [0.29, 0.717) is 0 Å². The van der Waals surface area contributed by atoms with E-state index in [1.807, 2.05) is 0 Å². The number of carboxylic acid groups (broad SMARTS) is 1. The van der Waals surface area contributed by atoms with Crippen molar-refractivity contribution in [2.24, 2.45) is 5.14 Å². The van der Waals surface area contributed by atoms with Gasteiger partial charge in [-0.1, -0.05) is 0 Å². The molecular formula is C5H10N2O6S. The quantitative estimate of drug-likeness (QED) is 0.455. The first kappa shape index (κ1) is 12.8. The summed E-state index contributed by atoms with van der Waals surface area (Å²) in [5.41, 5.74) is 0. The van der Waals surface area contributed by atoms with Crippen molar-refractivity contribution in [3.63, 3.8) is 0 Å².